The van der Waals surface area contributed by atoms with Crippen LogP contribution in [0.4, 0.5) is 16.3 Å². The first-order chi connectivity index (χ1) is 18.1. The van der Waals surface area contributed by atoms with E-state index in [2.05, 4.69) is 41.5 Å². The maximum atomic E-state index is 12.6. The Morgan fingerprint density at radius 3 is 2.42 bits per heavy atom. The normalized spacial score (nSPS) is 20.5. The quantitative estimate of drug-likeness (QED) is 0.305. The van der Waals surface area contributed by atoms with Crippen LogP contribution in [0.25, 0.3) is 11.2 Å². The number of nitrogens with one attached hydrogen (secondary N) is 2. The van der Waals surface area contributed by atoms with Gasteiger partial charge in [0.2, 0.25) is 0 Å². The number of aromatic nitrogens is 4. The number of imidazole rings is 1. The molecule has 14 nitrogen and oxygen atoms in total. The summed E-state index contributed by atoms with van der Waals surface area (Å²) in [5.41, 5.74) is 0.996. The fourth-order valence-electron chi connectivity index (χ4n) is 3.88. The second-order valence-electron chi connectivity index (χ2n) is 8.15. The Balaban J connectivity index is 1.63. The van der Waals surface area contributed by atoms with Crippen LogP contribution in [0.1, 0.15) is 27.0 Å². The molecule has 2 aromatic heterocycles. The number of carbonyl (C=O) groups excluding carboxylic acids is 4. The number of benzene rings is 1. The van der Waals surface area contributed by atoms with Crippen LogP contribution in [0.15, 0.2) is 41.4 Å². The second-order valence-corrected chi connectivity index (χ2v) is 9.07. The highest BCUT2D eigenvalue weighted by molar-refractivity contribution is 9.10. The molecule has 0 spiro atoms. The summed E-state index contributed by atoms with van der Waals surface area (Å²) in [5, 5.41) is 5.32. The van der Waals surface area contributed by atoms with Crippen molar-refractivity contribution >= 4 is 62.5 Å². The molecule has 0 saturated carbocycles. The maximum absolute atomic E-state index is 12.6. The van der Waals surface area contributed by atoms with Gasteiger partial charge in [0, 0.05) is 30.9 Å². The monoisotopic (exact) mass is 590 g/mol. The van der Waals surface area contributed by atoms with Crippen molar-refractivity contribution in [2.24, 2.45) is 0 Å². The Morgan fingerprint density at radius 1 is 1.00 bits per heavy atom. The van der Waals surface area contributed by atoms with Gasteiger partial charge in [0.1, 0.15) is 19.0 Å². The Kier molecular flexibility index (Phi) is 8.16. The van der Waals surface area contributed by atoms with Crippen LogP contribution in [-0.4, -0.2) is 68.4 Å². The van der Waals surface area contributed by atoms with E-state index in [1.165, 1.54) is 38.0 Å². The minimum absolute atomic E-state index is 0.108. The molecule has 1 saturated heterocycles. The first kappa shape index (κ1) is 26.9. The van der Waals surface area contributed by atoms with E-state index in [4.69, 9.17) is 18.9 Å². The number of ether oxygens (including phenoxy) is 4. The molecule has 0 bridgehead atoms. The number of halogens is 1. The summed E-state index contributed by atoms with van der Waals surface area (Å²) in [5.74, 6) is -1.76. The van der Waals surface area contributed by atoms with E-state index in [1.54, 1.807) is 18.2 Å². The van der Waals surface area contributed by atoms with E-state index in [0.29, 0.717) is 5.69 Å². The Hall–Kier alpha value is -4.11. The van der Waals surface area contributed by atoms with Gasteiger partial charge >= 0.3 is 23.9 Å². The average molecular weight is 591 g/mol. The highest BCUT2D eigenvalue weighted by Gasteiger charge is 2.51. The summed E-state index contributed by atoms with van der Waals surface area (Å²) in [6, 6.07) is 6.46. The summed E-state index contributed by atoms with van der Waals surface area (Å²) in [7, 11) is 0. The van der Waals surface area contributed by atoms with Gasteiger partial charge < -0.3 is 24.3 Å². The van der Waals surface area contributed by atoms with Gasteiger partial charge in [-0.15, -0.1) is 0 Å². The molecule has 2 N–H and O–H groups in total. The SMILES string of the molecule is CC(=O)OC[C@H]1O[C@@H](n2cnc3c(NC(=O)Nc4cccc(Br)c4)ncnc32)[C@H](OC(C)=O)[C@@H]1OC(C)=O. The van der Waals surface area contributed by atoms with Crippen molar-refractivity contribution in [1.82, 2.24) is 19.5 Å². The van der Waals surface area contributed by atoms with Crippen molar-refractivity contribution in [3.05, 3.63) is 41.4 Å². The number of carbonyl (C=O) groups is 4. The molecule has 1 aromatic carbocycles. The number of hydrogen-bond donors (Lipinski definition) is 2. The van der Waals surface area contributed by atoms with Crippen molar-refractivity contribution in [2.75, 3.05) is 17.2 Å². The molecule has 0 aliphatic carbocycles. The lowest BCUT2D eigenvalue weighted by Crippen LogP contribution is -2.40. The highest BCUT2D eigenvalue weighted by atomic mass is 79.9. The van der Waals surface area contributed by atoms with Gasteiger partial charge in [0.15, 0.2) is 35.4 Å². The zero-order chi connectivity index (χ0) is 27.4. The van der Waals surface area contributed by atoms with Crippen molar-refractivity contribution in [2.45, 2.75) is 45.3 Å². The Morgan fingerprint density at radius 2 is 1.74 bits per heavy atom. The van der Waals surface area contributed by atoms with E-state index >= 15 is 0 Å². The van der Waals surface area contributed by atoms with Crippen LogP contribution in [-0.2, 0) is 33.3 Å². The highest BCUT2D eigenvalue weighted by Crippen LogP contribution is 2.36. The van der Waals surface area contributed by atoms with Crippen molar-refractivity contribution in [3.63, 3.8) is 0 Å². The molecule has 4 rings (SSSR count). The van der Waals surface area contributed by atoms with Crippen LogP contribution in [0, 0.1) is 0 Å². The van der Waals surface area contributed by atoms with Crippen LogP contribution in [0.2, 0.25) is 0 Å². The zero-order valence-corrected chi connectivity index (χ0v) is 22.0. The second kappa shape index (κ2) is 11.5. The third kappa shape index (κ3) is 6.23. The summed E-state index contributed by atoms with van der Waals surface area (Å²) in [4.78, 5) is 60.4. The number of fused-ring (bicyclic) bond motifs is 1. The largest absolute Gasteiger partial charge is 0.463 e. The average Bonchev–Trinajstić information content (AvgIpc) is 3.39. The van der Waals surface area contributed by atoms with E-state index in [1.807, 2.05) is 6.07 Å². The molecule has 1 aliphatic rings. The Labute approximate surface area is 224 Å². The molecule has 4 atom stereocenters. The zero-order valence-electron chi connectivity index (χ0n) is 20.4. The van der Waals surface area contributed by atoms with Gasteiger partial charge in [0.25, 0.3) is 0 Å². The number of rotatable bonds is 7. The molecule has 1 fully saturated rings. The molecular formula is C23H23BrN6O8. The minimum Gasteiger partial charge on any atom is -0.463 e. The number of anilines is 2. The van der Waals surface area contributed by atoms with E-state index in [-0.39, 0.29) is 23.6 Å². The smallest absolute Gasteiger partial charge is 0.324 e. The van der Waals surface area contributed by atoms with Gasteiger partial charge in [-0.2, -0.15) is 0 Å². The lowest BCUT2D eigenvalue weighted by molar-refractivity contribution is -0.166. The van der Waals surface area contributed by atoms with E-state index in [0.717, 1.165) is 4.47 Å². The standard InChI is InChI=1S/C23H23BrN6O8/c1-11(31)35-8-16-18(36-12(2)32)19(37-13(3)33)22(38-16)30-10-27-17-20(25-9-26-21(17)30)29-23(34)28-15-6-4-5-14(24)7-15/h4-7,9-10,16,18-19,22H,8H2,1-3H3,(H2,25,26,28,29,34)/t16-,18-,19-,22-/m1/s1. The van der Waals surface area contributed by atoms with Crippen LogP contribution >= 0.6 is 15.9 Å². The summed E-state index contributed by atoms with van der Waals surface area (Å²) in [6.07, 6.45) is -1.66. The van der Waals surface area contributed by atoms with Gasteiger partial charge in [0.05, 0.1) is 6.33 Å². The maximum Gasteiger partial charge on any atom is 0.324 e. The molecular weight excluding hydrogens is 568 g/mol. The molecule has 2 amide bonds. The third-order valence-electron chi connectivity index (χ3n) is 5.29. The summed E-state index contributed by atoms with van der Waals surface area (Å²) >= 11 is 3.34. The van der Waals surface area contributed by atoms with E-state index in [9.17, 15) is 19.2 Å². The molecule has 0 radical (unpaired) electrons. The molecule has 38 heavy (non-hydrogen) atoms. The van der Waals surface area contributed by atoms with Crippen molar-refractivity contribution < 1.29 is 38.1 Å². The van der Waals surface area contributed by atoms with Crippen LogP contribution in [0.3, 0.4) is 0 Å². The predicted octanol–water partition coefficient (Wildman–Crippen LogP) is 2.56. The van der Waals surface area contributed by atoms with Gasteiger partial charge in [-0.1, -0.05) is 22.0 Å². The molecule has 0 unspecified atom stereocenters. The van der Waals surface area contributed by atoms with Crippen LogP contribution in [0.5, 0.6) is 0 Å². The number of esters is 3. The van der Waals surface area contributed by atoms with Crippen molar-refractivity contribution in [1.29, 1.82) is 0 Å². The molecule has 1 aliphatic heterocycles. The predicted molar refractivity (Wildman–Crippen MR) is 134 cm³/mol. The van der Waals surface area contributed by atoms with Gasteiger partial charge in [-0.25, -0.2) is 19.7 Å². The molecule has 200 valence electrons. The number of hydrogen-bond acceptors (Lipinski definition) is 11. The number of nitrogens with zero attached hydrogens (tertiary/aromatic N) is 4. The molecule has 3 aromatic rings. The third-order valence-corrected chi connectivity index (χ3v) is 5.78. The fourth-order valence-corrected chi connectivity index (χ4v) is 4.28. The van der Waals surface area contributed by atoms with Crippen LogP contribution < -0.4 is 10.6 Å². The van der Waals surface area contributed by atoms with Gasteiger partial charge in [-0.05, 0) is 18.2 Å². The summed E-state index contributed by atoms with van der Waals surface area (Å²) < 4.78 is 24.2. The fraction of sp³-hybridized carbons (Fsp3) is 0.348. The molecule has 15 heteroatoms. The minimum atomic E-state index is -1.12. The first-order valence-electron chi connectivity index (χ1n) is 11.3. The summed E-state index contributed by atoms with van der Waals surface area (Å²) in [6.45, 7) is 3.35. The topological polar surface area (TPSA) is 173 Å². The Bertz CT molecular complexity index is 1380. The van der Waals surface area contributed by atoms with Gasteiger partial charge in [-0.3, -0.25) is 24.3 Å². The lowest BCUT2D eigenvalue weighted by Gasteiger charge is -2.23. The first-order valence-corrected chi connectivity index (χ1v) is 12.1. The lowest BCUT2D eigenvalue weighted by atomic mass is 10.1. The number of urea groups is 1. The van der Waals surface area contributed by atoms with E-state index < -0.39 is 48.5 Å². The number of amides is 2. The molecule has 3 heterocycles. The van der Waals surface area contributed by atoms with Crippen molar-refractivity contribution in [3.8, 4) is 0 Å².